The Morgan fingerprint density at radius 3 is 2.82 bits per heavy atom. The van der Waals surface area contributed by atoms with Gasteiger partial charge in [0.2, 0.25) is 0 Å². The highest BCUT2D eigenvalue weighted by atomic mass is 79.9. The zero-order valence-corrected chi connectivity index (χ0v) is 11.6. The average molecular weight is 317 g/mol. The van der Waals surface area contributed by atoms with Crippen LogP contribution in [-0.2, 0) is 21.3 Å². The van der Waals surface area contributed by atoms with Gasteiger partial charge in [-0.05, 0) is 30.2 Å². The second-order valence-corrected chi connectivity index (χ2v) is 4.29. The molecule has 0 unspecified atom stereocenters. The monoisotopic (exact) mass is 315 g/mol. The number of alkyl halides is 1. The summed E-state index contributed by atoms with van der Waals surface area (Å²) >= 11 is 9.36. The van der Waals surface area contributed by atoms with Crippen LogP contribution in [-0.4, -0.2) is 12.6 Å². The molecule has 0 amide bonds. The Kier molecular flexibility index (Phi) is 5.46. The summed E-state index contributed by atoms with van der Waals surface area (Å²) in [6.45, 7) is 2.09. The van der Waals surface area contributed by atoms with E-state index < -0.39 is 0 Å². The van der Waals surface area contributed by atoms with Crippen LogP contribution in [0.2, 0.25) is 5.02 Å². The highest BCUT2D eigenvalue weighted by Gasteiger charge is 2.12. The molecule has 0 N–H and O–H groups in total. The van der Waals surface area contributed by atoms with Crippen LogP contribution in [0.5, 0.6) is 0 Å². The highest BCUT2D eigenvalue weighted by molar-refractivity contribution is 9.08. The second-order valence-electron chi connectivity index (χ2n) is 3.32. The van der Waals surface area contributed by atoms with Gasteiger partial charge in [0.1, 0.15) is 0 Å². The minimum atomic E-state index is -0.319. The highest BCUT2D eigenvalue weighted by Crippen LogP contribution is 2.25. The topological polar surface area (TPSA) is 50.1 Å². The maximum absolute atomic E-state index is 11.4. The molecular weight excluding hydrogens is 305 g/mol. The van der Waals surface area contributed by atoms with Crippen LogP contribution in [0.1, 0.15) is 23.6 Å². The number of hydrogen-bond donors (Lipinski definition) is 0. The third-order valence-electron chi connectivity index (χ3n) is 2.19. The van der Waals surface area contributed by atoms with Gasteiger partial charge in [-0.15, -0.1) is 0 Å². The number of carbonyl (C=O) groups is 1. The minimum absolute atomic E-state index is 0.129. The van der Waals surface area contributed by atoms with Crippen LogP contribution in [0.15, 0.2) is 12.1 Å². The number of hydrogen-bond acceptors (Lipinski definition) is 3. The zero-order chi connectivity index (χ0) is 12.8. The number of benzene rings is 1. The number of rotatable bonds is 4. The number of ether oxygens (including phenoxy) is 1. The van der Waals surface area contributed by atoms with Crippen molar-refractivity contribution in [3.05, 3.63) is 33.8 Å². The summed E-state index contributed by atoms with van der Waals surface area (Å²) < 4.78 is 4.88. The Labute approximate surface area is 113 Å². The van der Waals surface area contributed by atoms with Crippen molar-refractivity contribution in [2.45, 2.75) is 18.7 Å². The van der Waals surface area contributed by atoms with E-state index in [1.165, 1.54) is 0 Å². The number of nitrogens with zero attached hydrogens (tertiary/aromatic N) is 1. The fourth-order valence-electron chi connectivity index (χ4n) is 1.43. The molecule has 0 aliphatic heterocycles. The van der Waals surface area contributed by atoms with E-state index in [1.54, 1.807) is 19.1 Å². The molecule has 0 saturated carbocycles. The summed E-state index contributed by atoms with van der Waals surface area (Å²) in [7, 11) is 0. The van der Waals surface area contributed by atoms with E-state index in [0.29, 0.717) is 22.5 Å². The second kappa shape index (κ2) is 6.63. The quantitative estimate of drug-likeness (QED) is 0.633. The lowest BCUT2D eigenvalue weighted by molar-refractivity contribution is -0.142. The number of halogens is 2. The lowest BCUT2D eigenvalue weighted by Crippen LogP contribution is -2.09. The van der Waals surface area contributed by atoms with Crippen LogP contribution < -0.4 is 0 Å². The predicted molar refractivity (Wildman–Crippen MR) is 69.1 cm³/mol. The molecule has 0 aliphatic carbocycles. The van der Waals surface area contributed by atoms with Gasteiger partial charge in [-0.3, -0.25) is 4.79 Å². The smallest absolute Gasteiger partial charge is 0.310 e. The molecular formula is C12H11BrClNO2. The van der Waals surface area contributed by atoms with Crippen molar-refractivity contribution >= 4 is 33.5 Å². The van der Waals surface area contributed by atoms with Gasteiger partial charge >= 0.3 is 5.97 Å². The van der Waals surface area contributed by atoms with Gasteiger partial charge < -0.3 is 4.74 Å². The summed E-state index contributed by atoms with van der Waals surface area (Å²) in [5.41, 5.74) is 1.99. The van der Waals surface area contributed by atoms with Crippen molar-refractivity contribution in [2.24, 2.45) is 0 Å². The fourth-order valence-corrected chi connectivity index (χ4v) is 2.56. The molecule has 5 heteroatoms. The van der Waals surface area contributed by atoms with Gasteiger partial charge in [-0.2, -0.15) is 5.26 Å². The number of nitriles is 1. The lowest BCUT2D eigenvalue weighted by atomic mass is 10.0. The van der Waals surface area contributed by atoms with E-state index >= 15 is 0 Å². The Hall–Kier alpha value is -1.05. The minimum Gasteiger partial charge on any atom is -0.466 e. The van der Waals surface area contributed by atoms with Gasteiger partial charge in [0, 0.05) is 10.4 Å². The van der Waals surface area contributed by atoms with Gasteiger partial charge in [0.15, 0.2) is 0 Å². The molecule has 0 aromatic heterocycles. The Bertz CT molecular complexity index is 468. The van der Waals surface area contributed by atoms with Gasteiger partial charge in [0.05, 0.1) is 24.7 Å². The molecule has 0 bridgehead atoms. The first kappa shape index (κ1) is 14.0. The average Bonchev–Trinajstić information content (AvgIpc) is 2.28. The third-order valence-corrected chi connectivity index (χ3v) is 3.09. The third kappa shape index (κ3) is 3.72. The van der Waals surface area contributed by atoms with Crippen molar-refractivity contribution in [2.75, 3.05) is 6.61 Å². The Morgan fingerprint density at radius 2 is 2.29 bits per heavy atom. The molecule has 0 saturated heterocycles. The van der Waals surface area contributed by atoms with E-state index in [9.17, 15) is 4.79 Å². The van der Waals surface area contributed by atoms with E-state index in [0.717, 1.165) is 11.1 Å². The molecule has 1 aromatic carbocycles. The number of esters is 1. The molecule has 1 rings (SSSR count). The summed E-state index contributed by atoms with van der Waals surface area (Å²) in [6.07, 6.45) is 0.129. The summed E-state index contributed by atoms with van der Waals surface area (Å²) in [4.78, 5) is 11.4. The van der Waals surface area contributed by atoms with Crippen LogP contribution >= 0.6 is 27.5 Å². The first-order chi connectivity index (χ1) is 8.12. The van der Waals surface area contributed by atoms with Gasteiger partial charge in [-0.25, -0.2) is 0 Å². The maximum atomic E-state index is 11.4. The predicted octanol–water partition coefficient (Wildman–Crippen LogP) is 3.21. The molecule has 90 valence electrons. The van der Waals surface area contributed by atoms with Crippen LogP contribution in [0.4, 0.5) is 0 Å². The van der Waals surface area contributed by atoms with E-state index in [4.69, 9.17) is 21.6 Å². The van der Waals surface area contributed by atoms with Crippen LogP contribution in [0, 0.1) is 11.3 Å². The van der Waals surface area contributed by atoms with E-state index in [-0.39, 0.29) is 12.4 Å². The van der Waals surface area contributed by atoms with Crippen molar-refractivity contribution < 1.29 is 9.53 Å². The van der Waals surface area contributed by atoms with Crippen molar-refractivity contribution in [3.8, 4) is 6.07 Å². The SMILES string of the molecule is CCOC(=O)Cc1cc(C#N)cc(Cl)c1CBr. The molecule has 1 aromatic rings. The van der Waals surface area contributed by atoms with Crippen molar-refractivity contribution in [1.82, 2.24) is 0 Å². The fraction of sp³-hybridized carbons (Fsp3) is 0.333. The molecule has 3 nitrogen and oxygen atoms in total. The first-order valence-corrected chi connectivity index (χ1v) is 6.55. The van der Waals surface area contributed by atoms with E-state index in [1.807, 2.05) is 6.07 Å². The number of carbonyl (C=O) groups excluding carboxylic acids is 1. The first-order valence-electron chi connectivity index (χ1n) is 5.05. The zero-order valence-electron chi connectivity index (χ0n) is 9.30. The van der Waals surface area contributed by atoms with Crippen molar-refractivity contribution in [3.63, 3.8) is 0 Å². The maximum Gasteiger partial charge on any atom is 0.310 e. The molecule has 0 spiro atoms. The summed E-state index contributed by atoms with van der Waals surface area (Å²) in [5.74, 6) is -0.319. The summed E-state index contributed by atoms with van der Waals surface area (Å²) in [5, 5.41) is 9.87. The van der Waals surface area contributed by atoms with Crippen LogP contribution in [0.25, 0.3) is 0 Å². The normalized spacial score (nSPS) is 9.76. The molecule has 0 radical (unpaired) electrons. The van der Waals surface area contributed by atoms with Crippen molar-refractivity contribution in [1.29, 1.82) is 5.26 Å². The molecule has 0 atom stereocenters. The van der Waals surface area contributed by atoms with Gasteiger partial charge in [-0.1, -0.05) is 27.5 Å². The standard InChI is InChI=1S/C12H11BrClNO2/c1-2-17-12(16)5-9-3-8(7-15)4-11(14)10(9)6-13/h3-4H,2,5-6H2,1H3. The van der Waals surface area contributed by atoms with Gasteiger partial charge in [0.25, 0.3) is 0 Å². The molecule has 0 fully saturated rings. The lowest BCUT2D eigenvalue weighted by Gasteiger charge is -2.09. The van der Waals surface area contributed by atoms with Crippen LogP contribution in [0.3, 0.4) is 0 Å². The molecule has 0 heterocycles. The Balaban J connectivity index is 3.08. The summed E-state index contributed by atoms with van der Waals surface area (Å²) in [6, 6.07) is 5.27. The Morgan fingerprint density at radius 1 is 1.59 bits per heavy atom. The van der Waals surface area contributed by atoms with E-state index in [2.05, 4.69) is 15.9 Å². The largest absolute Gasteiger partial charge is 0.466 e. The molecule has 0 aliphatic rings. The molecule has 17 heavy (non-hydrogen) atoms.